The lowest BCUT2D eigenvalue weighted by Crippen LogP contribution is -2.71. The first-order valence-electron chi connectivity index (χ1n) is 48.0. The zero-order chi connectivity index (χ0) is 110. The number of ether oxygens (including phenoxy) is 23. The van der Waals surface area contributed by atoms with Gasteiger partial charge in [0.25, 0.3) is 0 Å². The maximum absolute atomic E-state index is 13.6. The molecule has 12 rings (SSSR count). The molecule has 60 atom stereocenters. The van der Waals surface area contributed by atoms with Crippen molar-refractivity contribution < 1.29 is 296 Å². The molecule has 12 fully saturated rings. The average molecular weight is 2190 g/mol. The number of rotatable bonds is 39. The smallest absolute Gasteiger partial charge is 0.217 e. The number of aliphatic hydroxyl groups excluding tert-OH is 31. The molecule has 0 aliphatic carbocycles. The van der Waals surface area contributed by atoms with Crippen LogP contribution in [0.1, 0.15) is 48.5 Å². The lowest BCUT2D eigenvalue weighted by Gasteiger charge is -2.52. The zero-order valence-corrected chi connectivity index (χ0v) is 81.1. The van der Waals surface area contributed by atoms with Crippen LogP contribution in [0.2, 0.25) is 0 Å². The fraction of sp³-hybridized carbons (Fsp3) is 0.929. The molecule has 12 saturated heterocycles. The van der Waals surface area contributed by atoms with E-state index in [0.29, 0.717) is 0 Å². The molecule has 150 heavy (non-hydrogen) atoms. The number of amides is 6. The van der Waals surface area contributed by atoms with Crippen molar-refractivity contribution in [3.8, 4) is 0 Å². The summed E-state index contributed by atoms with van der Waals surface area (Å²) in [6.07, 6.45) is -118. The van der Waals surface area contributed by atoms with Gasteiger partial charge in [0, 0.05) is 41.5 Å². The molecule has 0 spiro atoms. The minimum atomic E-state index is -2.82. The van der Waals surface area contributed by atoms with Gasteiger partial charge in [-0.15, -0.1) is 0 Å². The van der Waals surface area contributed by atoms with Gasteiger partial charge in [-0.25, -0.2) is 0 Å². The first-order chi connectivity index (χ1) is 70.9. The summed E-state index contributed by atoms with van der Waals surface area (Å²) in [6.45, 7) is -6.48. The van der Waals surface area contributed by atoms with Gasteiger partial charge < -0.3 is 299 Å². The van der Waals surface area contributed by atoms with Gasteiger partial charge in [-0.1, -0.05) is 0 Å². The molecule has 6 amide bonds. The second-order valence-corrected chi connectivity index (χ2v) is 38.1. The van der Waals surface area contributed by atoms with E-state index < -0.39 is 476 Å². The summed E-state index contributed by atoms with van der Waals surface area (Å²) < 4.78 is 140. The maximum Gasteiger partial charge on any atom is 0.217 e. The fourth-order valence-electron chi connectivity index (χ4n) is 19.5. The standard InChI is InChI=1S/C84H140N6O60/c1-19-43(106)56(119)60(123)79(130-19)150-71-58(121)47(110)29(11-94)135-83(71)146-67-33(15-98)137-77(41(55(67)118)89-24(6)104)143-68-34(16-99)139-84(72(62(68)125)149-78-42(90-25(7)105)54(117)65(31(13-96)138-78)144-80-61(124)57(120)46(109)28(10-93)134-80)147-69-49(112)36(140-81(63(69)126)145-66-32(14-97)136-76(40(53(66)116)88-23(5)103)142-64-30(12-95)131-73(127)37(52(64)115)85-20(2)100)18-129-82-70(148-75-39(87-22(4)102)51(114)45(108)27(9-92)133-75)59(122)48(111)35(141-82)17-128-74-38(86-21(3)101)50(113)44(107)26(8-91)132-74/h19,26-84,91-99,106-127H,8-18H2,1-7H3,(H,85,100)(H,86,101)(H,87,102)(H,88,103)(H,89,104)(H,90,105)/t19-,26+,27+,28+,29+,30+,31+,32+,33+,34+,35+,36+,37+,38+,39+,40+,41+,42-,43+,44+,45+,46-,47-,48+,49+,50+,51+,52+,53+,54+,55+,56+,57-,58-,59-,60-,61+,62-,63-,64+,65+,66+,67+,68+,69-,70-,71+,72-,73+,74+,75-,76-,77-,78-,79-,80-,81-,82-,83-,84+/m0/s1. The minimum Gasteiger partial charge on any atom is -0.394 e. The molecule has 0 aromatic carbocycles. The van der Waals surface area contributed by atoms with E-state index in [0.717, 1.165) is 41.5 Å². The first-order valence-corrected chi connectivity index (χ1v) is 48.0. The largest absolute Gasteiger partial charge is 0.394 e. The van der Waals surface area contributed by atoms with Crippen LogP contribution in [0.15, 0.2) is 0 Å². The van der Waals surface area contributed by atoms with Gasteiger partial charge in [-0.2, -0.15) is 0 Å². The highest BCUT2D eigenvalue weighted by atomic mass is 16.8. The third-order valence-electron chi connectivity index (χ3n) is 27.4. The number of hydrogen-bond acceptors (Lipinski definition) is 60. The molecule has 0 saturated carbocycles. The molecular weight excluding hydrogens is 2050 g/mol. The van der Waals surface area contributed by atoms with Crippen LogP contribution in [-0.4, -0.2) is 635 Å². The zero-order valence-electron chi connectivity index (χ0n) is 81.1. The number of hydrogen-bond donors (Lipinski definition) is 37. The van der Waals surface area contributed by atoms with Gasteiger partial charge in [-0.05, 0) is 6.92 Å². The second kappa shape index (κ2) is 54.0. The summed E-state index contributed by atoms with van der Waals surface area (Å²) in [7, 11) is 0. The molecule has 0 unspecified atom stereocenters. The third-order valence-corrected chi connectivity index (χ3v) is 27.4. The van der Waals surface area contributed by atoms with E-state index in [2.05, 4.69) is 31.9 Å². The Morgan fingerprint density at radius 1 is 0.187 bits per heavy atom. The van der Waals surface area contributed by atoms with Crippen molar-refractivity contribution in [3.63, 3.8) is 0 Å². The fourth-order valence-corrected chi connectivity index (χ4v) is 19.5. The Labute approximate surface area is 849 Å². The minimum absolute atomic E-state index is 0.847. The summed E-state index contributed by atoms with van der Waals surface area (Å²) in [6, 6.07) is -11.8. The van der Waals surface area contributed by atoms with Crippen molar-refractivity contribution in [1.82, 2.24) is 31.9 Å². The van der Waals surface area contributed by atoms with Crippen LogP contribution in [0.4, 0.5) is 0 Å². The van der Waals surface area contributed by atoms with Gasteiger partial charge in [0.2, 0.25) is 35.4 Å². The van der Waals surface area contributed by atoms with Gasteiger partial charge in [-0.3, -0.25) is 28.8 Å². The number of nitrogens with one attached hydrogen (secondary N) is 6. The molecule has 0 aromatic heterocycles. The normalized spacial score (nSPS) is 48.8. The van der Waals surface area contributed by atoms with Crippen LogP contribution < -0.4 is 31.9 Å². The molecule has 12 aliphatic rings. The maximum atomic E-state index is 13.6. The van der Waals surface area contributed by atoms with Crippen LogP contribution in [0.25, 0.3) is 0 Å². The van der Waals surface area contributed by atoms with E-state index in [-0.39, 0.29) is 0 Å². The highest BCUT2D eigenvalue weighted by molar-refractivity contribution is 5.75. The van der Waals surface area contributed by atoms with Gasteiger partial charge in [0.1, 0.15) is 287 Å². The number of carbonyl (C=O) groups excluding carboxylic acids is 6. The predicted molar refractivity (Wildman–Crippen MR) is 463 cm³/mol. The molecule has 66 heteroatoms. The molecular formula is C84H140N6O60. The summed E-state index contributed by atoms with van der Waals surface area (Å²) in [4.78, 5) is 78.2. The van der Waals surface area contributed by atoms with Crippen LogP contribution in [0, 0.1) is 0 Å². The molecule has 12 heterocycles. The Morgan fingerprint density at radius 3 is 0.813 bits per heavy atom. The van der Waals surface area contributed by atoms with Crippen molar-refractivity contribution in [2.45, 2.75) is 417 Å². The lowest BCUT2D eigenvalue weighted by atomic mass is 9.93. The van der Waals surface area contributed by atoms with Crippen LogP contribution in [0.5, 0.6) is 0 Å². The van der Waals surface area contributed by atoms with Crippen LogP contribution in [-0.2, 0) is 138 Å². The summed E-state index contributed by atoms with van der Waals surface area (Å²) >= 11 is 0. The quantitative estimate of drug-likeness (QED) is 0.0272. The molecule has 12 aliphatic heterocycles. The van der Waals surface area contributed by atoms with E-state index in [9.17, 15) is 187 Å². The highest BCUT2D eigenvalue weighted by Crippen LogP contribution is 2.43. The van der Waals surface area contributed by atoms with Gasteiger partial charge >= 0.3 is 0 Å². The number of aliphatic hydroxyl groups is 31. The second-order valence-electron chi connectivity index (χ2n) is 38.1. The first kappa shape index (κ1) is 123. The average Bonchev–Trinajstić information content (AvgIpc) is 0.751. The van der Waals surface area contributed by atoms with E-state index in [4.69, 9.17) is 109 Å². The molecule has 0 radical (unpaired) electrons. The lowest BCUT2D eigenvalue weighted by molar-refractivity contribution is -0.408. The Balaban J connectivity index is 0.951. The SMILES string of the molecule is CC(=O)N[C@@H]1[C@H](O[C@@H]2[C@@H](O[C@@H]3[C@H](O)[C@H](O[C@H]4[C@H](O)[C@@H](NC(C)=O)[C@H](O[C@H]5[C@H](O)[C@@H](NC(C)=O)[C@H](O)O[C@@H]5CO)O[C@@H]4CO)O[C@H](CO[C@H]4O[C@H](CO[C@@H]5O[C@H](CO)[C@@H](O)[C@H](O)[C@H]5NC(C)=O)[C@@H](O)[C@H](O)[C@@H]4O[C@@H]4O[C@H](CO)[C@@H](O)[C@H](O)[C@H]4NC(C)=O)[C@H]3O)O[C@H](CO)[C@@H](O[C@@H]3O[C@H](CO)[C@@H](O[C@@H]4O[C@H](CO)[C@H](O)[C@H](O)[C@H]4O[C@@H]4O[C@@H](C)[C@@H](O)[C@@H](O)[C@@H]4O)[C@H](O)[C@H]3NC(C)=O)[C@@H]2O)O[C@H](CO)[C@@H](O[C@@H]2O[C@H](CO)[C@H](O)[C@H](O)[C@H]2O)[C@@H]1O. The van der Waals surface area contributed by atoms with Crippen molar-refractivity contribution in [3.05, 3.63) is 0 Å². The van der Waals surface area contributed by atoms with E-state index in [1.54, 1.807) is 0 Å². The van der Waals surface area contributed by atoms with E-state index in [1.165, 1.54) is 6.92 Å². The Kier molecular flexibility index (Phi) is 44.4. The summed E-state index contributed by atoms with van der Waals surface area (Å²) in [5.41, 5.74) is 0. The van der Waals surface area contributed by atoms with E-state index >= 15 is 0 Å². The van der Waals surface area contributed by atoms with Crippen LogP contribution in [0.3, 0.4) is 0 Å². The van der Waals surface area contributed by atoms with Gasteiger partial charge in [0.05, 0.1) is 78.8 Å². The Morgan fingerprint density at radius 2 is 0.413 bits per heavy atom. The van der Waals surface area contributed by atoms with Crippen molar-refractivity contribution in [2.24, 2.45) is 0 Å². The topological polar surface area (TPSA) is 1010 Å². The van der Waals surface area contributed by atoms with Gasteiger partial charge in [0.15, 0.2) is 75.5 Å². The monoisotopic (exact) mass is 2190 g/mol. The van der Waals surface area contributed by atoms with Crippen molar-refractivity contribution in [2.75, 3.05) is 72.7 Å². The summed E-state index contributed by atoms with van der Waals surface area (Å²) in [5.74, 6) is -5.86. The van der Waals surface area contributed by atoms with Crippen molar-refractivity contribution >= 4 is 35.4 Å². The summed E-state index contributed by atoms with van der Waals surface area (Å²) in [5, 5.41) is 368. The van der Waals surface area contributed by atoms with Crippen LogP contribution >= 0.6 is 0 Å². The Hall–Kier alpha value is -5.34. The molecule has 37 N–H and O–H groups in total. The molecule has 0 aromatic rings. The molecule has 66 nitrogen and oxygen atoms in total. The Bertz CT molecular complexity index is 4250. The highest BCUT2D eigenvalue weighted by Gasteiger charge is 2.64. The third kappa shape index (κ3) is 27.5. The van der Waals surface area contributed by atoms with E-state index in [1.807, 2.05) is 0 Å². The number of carbonyl (C=O) groups is 6. The molecule has 0 bridgehead atoms. The molecule has 866 valence electrons. The predicted octanol–water partition coefficient (Wildman–Crippen LogP) is -25.3. The van der Waals surface area contributed by atoms with Crippen molar-refractivity contribution in [1.29, 1.82) is 0 Å².